The van der Waals surface area contributed by atoms with Gasteiger partial charge in [0.15, 0.2) is 0 Å². The van der Waals surface area contributed by atoms with Crippen molar-refractivity contribution < 1.29 is 0 Å². The lowest BCUT2D eigenvalue weighted by atomic mass is 9.67. The molecule has 0 aliphatic heterocycles. The van der Waals surface area contributed by atoms with Crippen molar-refractivity contribution in [2.24, 2.45) is 0 Å². The Morgan fingerprint density at radius 3 is 1.10 bits per heavy atom. The molecule has 1 aliphatic carbocycles. The highest BCUT2D eigenvalue weighted by molar-refractivity contribution is 5.89. The highest BCUT2D eigenvalue weighted by Gasteiger charge is 2.46. The summed E-state index contributed by atoms with van der Waals surface area (Å²) in [6.45, 7) is 6.64. The zero-order valence-electron chi connectivity index (χ0n) is 43.8. The molecule has 1 nitrogen and oxygen atoms in total. The van der Waals surface area contributed by atoms with E-state index in [0.717, 1.165) is 17.1 Å². The minimum absolute atomic E-state index is 0.264. The fourth-order valence-corrected chi connectivity index (χ4v) is 11.8. The number of fused-ring (bicyclic) bond motifs is 3. The molecule has 0 atom stereocenters. The second-order valence-corrected chi connectivity index (χ2v) is 20.1. The fraction of sp³-hybridized carbons (Fsp3) is 0.0526. The molecule has 12 aromatic carbocycles. The van der Waals surface area contributed by atoms with Gasteiger partial charge < -0.3 is 4.90 Å². The molecule has 0 radical (unpaired) electrons. The highest BCUT2D eigenvalue weighted by atomic mass is 15.1. The summed E-state index contributed by atoms with van der Waals surface area (Å²) in [5.74, 6) is 0. The number of aryl methyl sites for hydroxylation is 3. The molecule has 12 aromatic rings. The van der Waals surface area contributed by atoms with Crippen LogP contribution in [0.15, 0.2) is 303 Å². The van der Waals surface area contributed by atoms with Gasteiger partial charge in [0.25, 0.3) is 0 Å². The lowest BCUT2D eigenvalue weighted by molar-refractivity contribution is 0.762. The Bertz CT molecular complexity index is 3830. The maximum absolute atomic E-state index is 2.34. The molecule has 368 valence electrons. The van der Waals surface area contributed by atoms with Gasteiger partial charge in [-0.25, -0.2) is 0 Å². The molecule has 1 aliphatic rings. The summed E-state index contributed by atoms with van der Waals surface area (Å²) in [5, 5.41) is 0. The predicted octanol–water partition coefficient (Wildman–Crippen LogP) is 20.5. The zero-order valence-corrected chi connectivity index (χ0v) is 43.8. The van der Waals surface area contributed by atoms with Crippen LogP contribution < -0.4 is 4.90 Å². The Hall–Kier alpha value is -9.56. The number of nitrogens with zero attached hydrogens (tertiary/aromatic N) is 1. The second-order valence-electron chi connectivity index (χ2n) is 20.1. The number of anilines is 3. The van der Waals surface area contributed by atoms with Gasteiger partial charge in [-0.3, -0.25) is 0 Å². The van der Waals surface area contributed by atoms with E-state index in [2.05, 4.69) is 329 Å². The van der Waals surface area contributed by atoms with Crippen LogP contribution in [0.5, 0.6) is 0 Å². The van der Waals surface area contributed by atoms with E-state index in [1.165, 1.54) is 106 Å². The molecule has 0 unspecified atom stereocenters. The first-order valence-corrected chi connectivity index (χ1v) is 26.7. The largest absolute Gasteiger partial charge is 0.311 e. The Kier molecular flexibility index (Phi) is 13.4. The number of hydrogen-bond donors (Lipinski definition) is 0. The van der Waals surface area contributed by atoms with Crippen molar-refractivity contribution in [2.45, 2.75) is 26.2 Å². The van der Waals surface area contributed by atoms with Crippen LogP contribution in [0.4, 0.5) is 17.1 Å². The van der Waals surface area contributed by atoms with Gasteiger partial charge in [-0.15, -0.1) is 0 Å². The molecule has 0 saturated heterocycles. The number of rotatable bonds is 10. The van der Waals surface area contributed by atoms with Gasteiger partial charge in [-0.05, 0) is 163 Å². The second kappa shape index (κ2) is 21.4. The third-order valence-corrected chi connectivity index (χ3v) is 15.5. The van der Waals surface area contributed by atoms with Crippen molar-refractivity contribution in [2.75, 3.05) is 4.90 Å². The highest BCUT2D eigenvalue weighted by Crippen LogP contribution is 2.57. The lowest BCUT2D eigenvalue weighted by Gasteiger charge is -2.34. The average Bonchev–Trinajstić information content (AvgIpc) is 3.90. The van der Waals surface area contributed by atoms with Crippen molar-refractivity contribution in [1.29, 1.82) is 0 Å². The van der Waals surface area contributed by atoms with Gasteiger partial charge in [-0.2, -0.15) is 0 Å². The predicted molar refractivity (Wildman–Crippen MR) is 326 cm³/mol. The van der Waals surface area contributed by atoms with E-state index in [-0.39, 0.29) is 5.41 Å². The number of hydrogen-bond acceptors (Lipinski definition) is 1. The van der Waals surface area contributed by atoms with Gasteiger partial charge in [-0.1, -0.05) is 267 Å². The van der Waals surface area contributed by atoms with E-state index in [1.807, 2.05) is 0 Å². The molecule has 0 spiro atoms. The third-order valence-electron chi connectivity index (χ3n) is 15.5. The first-order chi connectivity index (χ1) is 38.0. The molecule has 0 saturated carbocycles. The summed E-state index contributed by atoms with van der Waals surface area (Å²) in [4.78, 5) is 2.34. The summed E-state index contributed by atoms with van der Waals surface area (Å²) in [6.07, 6.45) is 0. The first-order valence-electron chi connectivity index (χ1n) is 26.7. The average molecular weight is 986 g/mol. The Balaban J connectivity index is 0.000000191. The minimum Gasteiger partial charge on any atom is -0.311 e. The van der Waals surface area contributed by atoms with Gasteiger partial charge >= 0.3 is 0 Å². The SMILES string of the molecule is Cc1cccc2c1C(c1ccccc1)(c1ccccc1)c1ccccc1-2.Cc1ccccc1-c1ccc(-c2ccccc2-c2ccc(N(c3ccc(-c4ccccc4)cc3)c3ccc(-c4ccccc4)cc3)cc2)cc1C. The topological polar surface area (TPSA) is 3.24 Å². The zero-order chi connectivity index (χ0) is 52.1. The Morgan fingerprint density at radius 2 is 0.597 bits per heavy atom. The van der Waals surface area contributed by atoms with E-state index in [0.29, 0.717) is 0 Å². The monoisotopic (exact) mass is 985 g/mol. The maximum Gasteiger partial charge on any atom is 0.0716 e. The normalized spacial score (nSPS) is 11.9. The quantitative estimate of drug-likeness (QED) is 0.132. The maximum atomic E-state index is 2.34. The fourth-order valence-electron chi connectivity index (χ4n) is 11.8. The van der Waals surface area contributed by atoms with E-state index in [4.69, 9.17) is 0 Å². The number of benzene rings is 12. The Labute approximate surface area is 454 Å². The third kappa shape index (κ3) is 9.28. The molecule has 0 N–H and O–H groups in total. The molecular weight excluding hydrogens is 927 g/mol. The van der Waals surface area contributed by atoms with Crippen molar-refractivity contribution in [1.82, 2.24) is 0 Å². The van der Waals surface area contributed by atoms with E-state index < -0.39 is 0 Å². The van der Waals surface area contributed by atoms with Crippen LogP contribution in [-0.4, -0.2) is 0 Å². The molecule has 13 rings (SSSR count). The smallest absolute Gasteiger partial charge is 0.0716 e. The summed E-state index contributed by atoms with van der Waals surface area (Å²) in [6, 6.07) is 110. The van der Waals surface area contributed by atoms with Crippen LogP contribution in [0.1, 0.15) is 38.9 Å². The minimum atomic E-state index is -0.264. The Morgan fingerprint density at radius 1 is 0.234 bits per heavy atom. The molecule has 77 heavy (non-hydrogen) atoms. The molecule has 0 bridgehead atoms. The van der Waals surface area contributed by atoms with Crippen LogP contribution >= 0.6 is 0 Å². The van der Waals surface area contributed by atoms with Crippen LogP contribution in [0.3, 0.4) is 0 Å². The summed E-state index contributed by atoms with van der Waals surface area (Å²) in [5.41, 5.74) is 27.4. The molecule has 1 heteroatoms. The van der Waals surface area contributed by atoms with Crippen LogP contribution in [-0.2, 0) is 5.41 Å². The van der Waals surface area contributed by atoms with E-state index >= 15 is 0 Å². The van der Waals surface area contributed by atoms with Crippen LogP contribution in [0.25, 0.3) is 66.8 Å². The van der Waals surface area contributed by atoms with E-state index in [1.54, 1.807) is 0 Å². The van der Waals surface area contributed by atoms with Gasteiger partial charge in [0.05, 0.1) is 5.41 Å². The molecule has 0 amide bonds. The van der Waals surface area contributed by atoms with Gasteiger partial charge in [0, 0.05) is 17.1 Å². The van der Waals surface area contributed by atoms with Crippen molar-refractivity contribution >= 4 is 17.1 Å². The van der Waals surface area contributed by atoms with Crippen LogP contribution in [0.2, 0.25) is 0 Å². The molecule has 0 fully saturated rings. The lowest BCUT2D eigenvalue weighted by Crippen LogP contribution is -2.29. The summed E-state index contributed by atoms with van der Waals surface area (Å²) in [7, 11) is 0. The van der Waals surface area contributed by atoms with Gasteiger partial charge in [0.1, 0.15) is 0 Å². The van der Waals surface area contributed by atoms with E-state index in [9.17, 15) is 0 Å². The van der Waals surface area contributed by atoms with Crippen molar-refractivity contribution in [3.63, 3.8) is 0 Å². The molecule has 0 heterocycles. The first kappa shape index (κ1) is 48.4. The van der Waals surface area contributed by atoms with Crippen LogP contribution in [0, 0.1) is 20.8 Å². The van der Waals surface area contributed by atoms with Crippen molar-refractivity contribution in [3.8, 4) is 66.8 Å². The molecular formula is C76H59N. The molecule has 0 aromatic heterocycles. The summed E-state index contributed by atoms with van der Waals surface area (Å²) >= 11 is 0. The van der Waals surface area contributed by atoms with Gasteiger partial charge in [0.2, 0.25) is 0 Å². The van der Waals surface area contributed by atoms with Crippen molar-refractivity contribution in [3.05, 3.63) is 342 Å². The standard InChI is InChI=1S/C50H39N.C26H20/c1-36-13-9-10-18-47(36)48-34-27-43(35-37(48)2)50-20-12-11-19-49(50)42-25-32-46(33-26-42)51(44-28-21-40(22-29-44)38-14-5-3-6-15-38)45-30-23-41(24-31-45)39-16-7-4-8-17-39;1-19-11-10-17-23-22-16-8-9-18-24(22)26(25(19)23,20-12-4-2-5-13-20)21-14-6-3-7-15-21/h3-35H,1-2H3;2-18H,1H3. The summed E-state index contributed by atoms with van der Waals surface area (Å²) < 4.78 is 0.